The van der Waals surface area contributed by atoms with Crippen LogP contribution in [0.4, 0.5) is 11.4 Å². The van der Waals surface area contributed by atoms with E-state index in [0.29, 0.717) is 24.0 Å². The van der Waals surface area contributed by atoms with Crippen molar-refractivity contribution < 1.29 is 19.4 Å². The molecule has 3 aliphatic carbocycles. The Morgan fingerprint density at radius 2 is 1.03 bits per heavy atom. The predicted octanol–water partition coefficient (Wildman–Crippen LogP) is 5.66. The molecular weight excluding hydrogens is 472 g/mol. The van der Waals surface area contributed by atoms with Crippen LogP contribution in [0.5, 0.6) is 0 Å². The fourth-order valence-corrected chi connectivity index (χ4v) is 6.30. The summed E-state index contributed by atoms with van der Waals surface area (Å²) in [6.07, 6.45) is 3.57. The van der Waals surface area contributed by atoms with Crippen molar-refractivity contribution in [1.82, 2.24) is 0 Å². The third-order valence-electron chi connectivity index (χ3n) is 7.95. The molecule has 178 valence electrons. The van der Waals surface area contributed by atoms with Gasteiger partial charge in [-0.2, -0.15) is 0 Å². The van der Waals surface area contributed by atoms with Crippen LogP contribution >= 0.6 is 0 Å². The van der Waals surface area contributed by atoms with Crippen LogP contribution in [0, 0.1) is 20.2 Å². The number of carbonyl (C=O) groups excluding carboxylic acids is 2. The molecule has 0 saturated carbocycles. The van der Waals surface area contributed by atoms with Crippen LogP contribution in [-0.2, 0) is 18.3 Å². The molecule has 1 spiro atoms. The summed E-state index contributed by atoms with van der Waals surface area (Å²) in [5.74, 6) is -0.432. The van der Waals surface area contributed by atoms with Crippen LogP contribution in [-0.4, -0.2) is 21.4 Å². The topological polar surface area (TPSA) is 120 Å². The standard InChI is InChI=1S/C29H16N2O6/c32-27-5-6-28(33)24-10-16-8-18-14-29(13-17(18)7-15(16)9-23(24)27)25-11-19(30(34)35)1-3-21(25)22-4-2-20(31(36)37)12-26(22)29/h1-12H,13-14H2. The molecule has 0 amide bonds. The number of hydrogen-bond acceptors (Lipinski definition) is 6. The van der Waals surface area contributed by atoms with Crippen molar-refractivity contribution in [3.8, 4) is 11.1 Å². The highest BCUT2D eigenvalue weighted by Gasteiger charge is 2.48. The number of nitro benzene ring substituents is 2. The maximum atomic E-state index is 12.4. The molecule has 3 aliphatic rings. The Kier molecular flexibility index (Phi) is 4.05. The molecule has 0 atom stereocenters. The summed E-state index contributed by atoms with van der Waals surface area (Å²) in [7, 11) is 0. The molecule has 8 heteroatoms. The maximum Gasteiger partial charge on any atom is 0.269 e. The van der Waals surface area contributed by atoms with Crippen LogP contribution in [0.25, 0.3) is 21.9 Å². The molecule has 0 heterocycles. The van der Waals surface area contributed by atoms with Gasteiger partial charge in [-0.3, -0.25) is 29.8 Å². The highest BCUT2D eigenvalue weighted by atomic mass is 16.6. The van der Waals surface area contributed by atoms with Gasteiger partial charge >= 0.3 is 0 Å². The molecule has 0 saturated heterocycles. The minimum atomic E-state index is -0.699. The minimum absolute atomic E-state index is 0.0289. The lowest BCUT2D eigenvalue weighted by Gasteiger charge is -2.26. The first-order valence-electron chi connectivity index (χ1n) is 11.7. The number of nitrogens with zero attached hydrogens (tertiary/aromatic N) is 2. The molecule has 4 aromatic carbocycles. The molecule has 0 unspecified atom stereocenters. The van der Waals surface area contributed by atoms with Crippen LogP contribution in [0.3, 0.4) is 0 Å². The van der Waals surface area contributed by atoms with E-state index >= 15 is 0 Å². The monoisotopic (exact) mass is 488 g/mol. The van der Waals surface area contributed by atoms with Gasteiger partial charge in [0.05, 0.1) is 9.85 Å². The minimum Gasteiger partial charge on any atom is -0.289 e. The van der Waals surface area contributed by atoms with Gasteiger partial charge in [0.1, 0.15) is 0 Å². The molecule has 7 rings (SSSR count). The van der Waals surface area contributed by atoms with Gasteiger partial charge in [-0.1, -0.05) is 12.1 Å². The molecule has 0 bridgehead atoms. The average Bonchev–Trinajstić information content (AvgIpc) is 3.38. The van der Waals surface area contributed by atoms with E-state index < -0.39 is 15.3 Å². The van der Waals surface area contributed by atoms with E-state index in [9.17, 15) is 29.8 Å². The van der Waals surface area contributed by atoms with Gasteiger partial charge < -0.3 is 0 Å². The fraction of sp³-hybridized carbons (Fsp3) is 0.103. The van der Waals surface area contributed by atoms with E-state index in [4.69, 9.17) is 0 Å². The van der Waals surface area contributed by atoms with Crippen molar-refractivity contribution in [2.45, 2.75) is 18.3 Å². The van der Waals surface area contributed by atoms with Crippen molar-refractivity contribution in [3.05, 3.63) is 126 Å². The number of benzene rings is 4. The Morgan fingerprint density at radius 3 is 1.43 bits per heavy atom. The van der Waals surface area contributed by atoms with Gasteiger partial charge in [0.15, 0.2) is 11.6 Å². The lowest BCUT2D eigenvalue weighted by Crippen LogP contribution is -2.26. The number of fused-ring (bicyclic) bond motifs is 8. The largest absolute Gasteiger partial charge is 0.289 e. The second kappa shape index (κ2) is 7.04. The molecule has 37 heavy (non-hydrogen) atoms. The van der Waals surface area contributed by atoms with Crippen LogP contribution in [0.15, 0.2) is 72.8 Å². The highest BCUT2D eigenvalue weighted by molar-refractivity contribution is 6.23. The molecule has 4 aromatic rings. The quantitative estimate of drug-likeness (QED) is 0.265. The third-order valence-corrected chi connectivity index (χ3v) is 7.95. The summed E-state index contributed by atoms with van der Waals surface area (Å²) in [5.41, 5.74) is 5.25. The third kappa shape index (κ3) is 2.83. The van der Waals surface area contributed by atoms with Crippen molar-refractivity contribution in [3.63, 3.8) is 0 Å². The molecule has 0 N–H and O–H groups in total. The summed E-state index contributed by atoms with van der Waals surface area (Å²) in [4.78, 5) is 47.2. The maximum absolute atomic E-state index is 12.4. The summed E-state index contributed by atoms with van der Waals surface area (Å²) >= 11 is 0. The molecule has 0 fully saturated rings. The number of rotatable bonds is 2. The lowest BCUT2D eigenvalue weighted by atomic mass is 9.75. The van der Waals surface area contributed by atoms with Gasteiger partial charge in [-0.05, 0) is 93.4 Å². The second-order valence-electron chi connectivity index (χ2n) is 9.84. The van der Waals surface area contributed by atoms with Crippen molar-refractivity contribution in [2.75, 3.05) is 0 Å². The summed E-state index contributed by atoms with van der Waals surface area (Å²) in [6, 6.07) is 17.1. The van der Waals surface area contributed by atoms with Gasteiger partial charge in [0.2, 0.25) is 0 Å². The van der Waals surface area contributed by atoms with Crippen molar-refractivity contribution >= 4 is 33.7 Å². The first kappa shape index (κ1) is 21.3. The van der Waals surface area contributed by atoms with Gasteiger partial charge in [0, 0.05) is 40.8 Å². The normalized spacial score (nSPS) is 16.0. The number of carbonyl (C=O) groups is 2. The smallest absolute Gasteiger partial charge is 0.269 e. The number of nitro groups is 2. The van der Waals surface area contributed by atoms with E-state index in [0.717, 1.165) is 44.2 Å². The van der Waals surface area contributed by atoms with E-state index in [-0.39, 0.29) is 22.9 Å². The van der Waals surface area contributed by atoms with Crippen molar-refractivity contribution in [1.29, 1.82) is 0 Å². The molecule has 0 radical (unpaired) electrons. The van der Waals surface area contributed by atoms with Gasteiger partial charge in [-0.25, -0.2) is 0 Å². The van der Waals surface area contributed by atoms with E-state index in [1.54, 1.807) is 36.4 Å². The summed E-state index contributed by atoms with van der Waals surface area (Å²) in [6.45, 7) is 0. The molecule has 0 aromatic heterocycles. The summed E-state index contributed by atoms with van der Waals surface area (Å²) < 4.78 is 0. The number of non-ortho nitro benzene ring substituents is 2. The first-order chi connectivity index (χ1) is 17.7. The number of hydrogen-bond donors (Lipinski definition) is 0. The Labute approximate surface area is 209 Å². The number of allylic oxidation sites excluding steroid dienone is 2. The average molecular weight is 488 g/mol. The Balaban J connectivity index is 1.45. The SMILES string of the molecule is O=C1C=CC(=O)c2cc3cc4c(cc3cc21)CC1(C4)c2cc([N+](=O)[O-])ccc2-c2ccc([N+](=O)[O-])cc21. The van der Waals surface area contributed by atoms with Crippen LogP contribution in [0.2, 0.25) is 0 Å². The molecular formula is C29H16N2O6. The zero-order chi connectivity index (χ0) is 25.6. The van der Waals surface area contributed by atoms with E-state index in [1.807, 2.05) is 12.1 Å². The molecule has 8 nitrogen and oxygen atoms in total. The molecule has 0 aliphatic heterocycles. The second-order valence-corrected chi connectivity index (χ2v) is 9.84. The zero-order valence-corrected chi connectivity index (χ0v) is 19.2. The number of ketones is 2. The zero-order valence-electron chi connectivity index (χ0n) is 19.2. The Morgan fingerprint density at radius 1 is 0.595 bits per heavy atom. The Bertz CT molecular complexity index is 1700. The fourth-order valence-electron chi connectivity index (χ4n) is 6.30. The van der Waals surface area contributed by atoms with E-state index in [1.165, 1.54) is 24.3 Å². The van der Waals surface area contributed by atoms with Gasteiger partial charge in [-0.15, -0.1) is 0 Å². The van der Waals surface area contributed by atoms with Crippen LogP contribution in [0.1, 0.15) is 43.0 Å². The van der Waals surface area contributed by atoms with Gasteiger partial charge in [0.25, 0.3) is 11.4 Å². The predicted molar refractivity (Wildman–Crippen MR) is 135 cm³/mol. The van der Waals surface area contributed by atoms with Crippen molar-refractivity contribution in [2.24, 2.45) is 0 Å². The van der Waals surface area contributed by atoms with Crippen LogP contribution < -0.4 is 0 Å². The highest BCUT2D eigenvalue weighted by Crippen LogP contribution is 2.57. The first-order valence-corrected chi connectivity index (χ1v) is 11.7. The summed E-state index contributed by atoms with van der Waals surface area (Å²) in [5, 5.41) is 24.9. The Hall–Kier alpha value is -4.98. The lowest BCUT2D eigenvalue weighted by molar-refractivity contribution is -0.385. The van der Waals surface area contributed by atoms with E-state index in [2.05, 4.69) is 0 Å².